The molecular weight excluding hydrogens is 368 g/mol. The van der Waals surface area contributed by atoms with Crippen molar-refractivity contribution >= 4 is 11.9 Å². The summed E-state index contributed by atoms with van der Waals surface area (Å²) in [6.45, 7) is -0.661. The van der Waals surface area contributed by atoms with Crippen LogP contribution >= 0.6 is 0 Å². The topological polar surface area (TPSA) is 183 Å². The van der Waals surface area contributed by atoms with Crippen LogP contribution in [0.5, 0.6) is 0 Å². The van der Waals surface area contributed by atoms with Crippen LogP contribution < -0.4 is 0 Å². The fourth-order valence-electron chi connectivity index (χ4n) is 3.59. The number of aliphatic hydroxyl groups is 4. The van der Waals surface area contributed by atoms with E-state index in [1.54, 1.807) is 0 Å². The van der Waals surface area contributed by atoms with Crippen LogP contribution in [-0.4, -0.2) is 86.2 Å². The number of aliphatic hydroxyl groups excluding tert-OH is 4. The average Bonchev–Trinajstić information content (AvgIpc) is 3.07. The highest BCUT2D eigenvalue weighted by Crippen LogP contribution is 2.44. The van der Waals surface area contributed by atoms with Gasteiger partial charge in [0.25, 0.3) is 0 Å². The number of aliphatic carboxylic acids is 2. The molecular formula is C16H20O11. The average molecular weight is 388 g/mol. The van der Waals surface area contributed by atoms with Crippen LogP contribution in [0.2, 0.25) is 0 Å². The predicted octanol–water partition coefficient (Wildman–Crippen LogP) is -2.23. The van der Waals surface area contributed by atoms with Gasteiger partial charge in [-0.05, 0) is 6.42 Å². The van der Waals surface area contributed by atoms with Gasteiger partial charge in [-0.1, -0.05) is 6.08 Å². The number of hydrogen-bond donors (Lipinski definition) is 6. The molecule has 6 N–H and O–H groups in total. The zero-order valence-electron chi connectivity index (χ0n) is 13.9. The summed E-state index contributed by atoms with van der Waals surface area (Å²) in [5, 5.41) is 57.6. The van der Waals surface area contributed by atoms with Crippen LogP contribution in [0, 0.1) is 11.8 Å². The highest BCUT2D eigenvalue weighted by atomic mass is 16.8. The first-order valence-corrected chi connectivity index (χ1v) is 8.24. The third-order valence-electron chi connectivity index (χ3n) is 5.02. The van der Waals surface area contributed by atoms with E-state index < -0.39 is 67.4 Å². The number of allylic oxidation sites excluding steroid dienone is 1. The molecule has 8 atom stereocenters. The quantitative estimate of drug-likeness (QED) is 0.300. The van der Waals surface area contributed by atoms with E-state index >= 15 is 0 Å². The van der Waals surface area contributed by atoms with Crippen molar-refractivity contribution in [2.75, 3.05) is 6.61 Å². The Kier molecular flexibility index (Phi) is 5.51. The monoisotopic (exact) mass is 388 g/mol. The number of carboxylic acid groups (broad SMARTS) is 2. The Morgan fingerprint density at radius 1 is 1.04 bits per heavy atom. The van der Waals surface area contributed by atoms with Gasteiger partial charge in [-0.3, -0.25) is 0 Å². The molecule has 0 aromatic rings. The van der Waals surface area contributed by atoms with Gasteiger partial charge in [0.05, 0.1) is 24.4 Å². The fourth-order valence-corrected chi connectivity index (χ4v) is 3.59. The van der Waals surface area contributed by atoms with Crippen LogP contribution in [0.15, 0.2) is 23.5 Å². The SMILES string of the molecule is O=C(O)C1=CC[C@@H]2C(C(=O)O)=CO[C@@H](O[C@@H]3O[C@H](CO)[C@@H](O)[C@@H](O)[C@@H]3O)[C@H]12. The minimum Gasteiger partial charge on any atom is -0.478 e. The fraction of sp³-hybridized carbons (Fsp3) is 0.625. The Morgan fingerprint density at radius 2 is 1.70 bits per heavy atom. The van der Waals surface area contributed by atoms with Gasteiger partial charge in [-0.25, -0.2) is 9.59 Å². The summed E-state index contributed by atoms with van der Waals surface area (Å²) >= 11 is 0. The molecule has 0 radical (unpaired) electrons. The third-order valence-corrected chi connectivity index (χ3v) is 5.02. The van der Waals surface area contributed by atoms with Crippen molar-refractivity contribution in [2.45, 2.75) is 43.4 Å². The van der Waals surface area contributed by atoms with Gasteiger partial charge in [-0.15, -0.1) is 0 Å². The summed E-state index contributed by atoms with van der Waals surface area (Å²) < 4.78 is 16.0. The Labute approximate surface area is 152 Å². The molecule has 1 saturated heterocycles. The van der Waals surface area contributed by atoms with Gasteiger partial charge < -0.3 is 44.8 Å². The van der Waals surface area contributed by atoms with Gasteiger partial charge in [0, 0.05) is 11.5 Å². The molecule has 11 nitrogen and oxygen atoms in total. The van der Waals surface area contributed by atoms with Crippen LogP contribution in [-0.2, 0) is 23.8 Å². The predicted molar refractivity (Wildman–Crippen MR) is 82.8 cm³/mol. The van der Waals surface area contributed by atoms with Gasteiger partial charge in [0.1, 0.15) is 24.4 Å². The maximum atomic E-state index is 11.5. The number of hydrogen-bond acceptors (Lipinski definition) is 9. The zero-order chi connectivity index (χ0) is 19.9. The van der Waals surface area contributed by atoms with Crippen molar-refractivity contribution < 1.29 is 54.4 Å². The van der Waals surface area contributed by atoms with Crippen LogP contribution in [0.4, 0.5) is 0 Å². The second kappa shape index (κ2) is 7.54. The molecule has 0 aromatic heterocycles. The Morgan fingerprint density at radius 3 is 2.30 bits per heavy atom. The Hall–Kier alpha value is -2.02. The summed E-state index contributed by atoms with van der Waals surface area (Å²) in [7, 11) is 0. The molecule has 1 fully saturated rings. The lowest BCUT2D eigenvalue weighted by atomic mass is 9.83. The lowest BCUT2D eigenvalue weighted by Gasteiger charge is -2.42. The maximum Gasteiger partial charge on any atom is 0.335 e. The molecule has 0 unspecified atom stereocenters. The minimum atomic E-state index is -1.70. The first-order chi connectivity index (χ1) is 12.8. The van der Waals surface area contributed by atoms with Crippen molar-refractivity contribution in [3.63, 3.8) is 0 Å². The molecule has 27 heavy (non-hydrogen) atoms. The molecule has 1 aliphatic carbocycles. The molecule has 150 valence electrons. The molecule has 0 amide bonds. The summed E-state index contributed by atoms with van der Waals surface area (Å²) in [6, 6.07) is 0. The van der Waals surface area contributed by atoms with E-state index in [0.29, 0.717) is 0 Å². The minimum absolute atomic E-state index is 0.0959. The van der Waals surface area contributed by atoms with Crippen molar-refractivity contribution in [1.82, 2.24) is 0 Å². The molecule has 3 rings (SSSR count). The second-order valence-electron chi connectivity index (χ2n) is 6.55. The highest BCUT2D eigenvalue weighted by Gasteiger charge is 2.50. The van der Waals surface area contributed by atoms with E-state index in [9.17, 15) is 40.2 Å². The molecule has 0 saturated carbocycles. The summed E-state index contributed by atoms with van der Waals surface area (Å²) in [5.41, 5.74) is -0.206. The molecule has 3 aliphatic rings. The number of ether oxygens (including phenoxy) is 3. The zero-order valence-corrected chi connectivity index (χ0v) is 13.9. The Bertz CT molecular complexity index is 669. The standard InChI is InChI=1S/C16H20O11/c17-3-8-10(18)11(19)12(20)16(26-8)27-15-9-5(1-2-6(9)13(21)22)7(4-25-15)14(23)24/h2,4-5,8-12,15-20H,1,3H2,(H,21,22)(H,23,24)/t5-,8-,9+,10-,11-,12+,15+,16+/m1/s1. The molecule has 2 aliphatic heterocycles. The molecule has 0 aromatic carbocycles. The normalized spacial score (nSPS) is 41.2. The smallest absolute Gasteiger partial charge is 0.335 e. The number of carbonyl (C=O) groups is 2. The lowest BCUT2D eigenvalue weighted by Crippen LogP contribution is -2.60. The first kappa shape index (κ1) is 19.7. The van der Waals surface area contributed by atoms with Gasteiger partial charge in [0.2, 0.25) is 6.29 Å². The van der Waals surface area contributed by atoms with E-state index in [-0.39, 0.29) is 17.6 Å². The van der Waals surface area contributed by atoms with Gasteiger partial charge >= 0.3 is 11.9 Å². The van der Waals surface area contributed by atoms with Crippen molar-refractivity contribution in [1.29, 1.82) is 0 Å². The van der Waals surface area contributed by atoms with Crippen LogP contribution in [0.1, 0.15) is 6.42 Å². The molecule has 2 heterocycles. The van der Waals surface area contributed by atoms with Crippen LogP contribution in [0.3, 0.4) is 0 Å². The summed E-state index contributed by atoms with van der Waals surface area (Å²) in [4.78, 5) is 22.9. The Balaban J connectivity index is 1.84. The first-order valence-electron chi connectivity index (χ1n) is 8.24. The number of fused-ring (bicyclic) bond motifs is 1. The molecule has 0 spiro atoms. The van der Waals surface area contributed by atoms with E-state index in [2.05, 4.69) is 0 Å². The van der Waals surface area contributed by atoms with Crippen molar-refractivity contribution in [3.8, 4) is 0 Å². The van der Waals surface area contributed by atoms with Gasteiger partial charge in [0.15, 0.2) is 6.29 Å². The van der Waals surface area contributed by atoms with E-state index in [4.69, 9.17) is 14.2 Å². The maximum absolute atomic E-state index is 11.5. The molecule has 0 bridgehead atoms. The van der Waals surface area contributed by atoms with Gasteiger partial charge in [-0.2, -0.15) is 0 Å². The largest absolute Gasteiger partial charge is 0.478 e. The van der Waals surface area contributed by atoms with E-state index in [1.807, 2.05) is 0 Å². The summed E-state index contributed by atoms with van der Waals surface area (Å²) in [6.07, 6.45) is -6.53. The van der Waals surface area contributed by atoms with Crippen LogP contribution in [0.25, 0.3) is 0 Å². The highest BCUT2D eigenvalue weighted by molar-refractivity contribution is 5.91. The number of rotatable bonds is 5. The van der Waals surface area contributed by atoms with E-state index in [1.165, 1.54) is 6.08 Å². The lowest BCUT2D eigenvalue weighted by molar-refractivity contribution is -0.339. The molecule has 11 heteroatoms. The van der Waals surface area contributed by atoms with Crippen molar-refractivity contribution in [2.24, 2.45) is 11.8 Å². The summed E-state index contributed by atoms with van der Waals surface area (Å²) in [5.74, 6) is -4.21. The number of carboxylic acids is 2. The van der Waals surface area contributed by atoms with E-state index in [0.717, 1.165) is 6.26 Å². The van der Waals surface area contributed by atoms with Crippen molar-refractivity contribution in [3.05, 3.63) is 23.5 Å². The third kappa shape index (κ3) is 3.45. The second-order valence-corrected chi connectivity index (χ2v) is 6.55.